The summed E-state index contributed by atoms with van der Waals surface area (Å²) in [6.07, 6.45) is 4.60. The van der Waals surface area contributed by atoms with Gasteiger partial charge < -0.3 is 10.3 Å². The molecule has 8 heteroatoms. The molecule has 102 valence electrons. The standard InChI is InChI=1S/C11H15N5O2S/c1-8(9-4-3-5-13-6-9)15-19(17,18)11-10(12)14-7-16(11)2/h3-8,15H,12H2,1-2H3. The number of nitrogens with two attached hydrogens (primary N) is 1. The average molecular weight is 281 g/mol. The zero-order valence-corrected chi connectivity index (χ0v) is 11.4. The summed E-state index contributed by atoms with van der Waals surface area (Å²) < 4.78 is 28.4. The predicted molar refractivity (Wildman–Crippen MR) is 70.6 cm³/mol. The zero-order chi connectivity index (χ0) is 14.0. The number of pyridine rings is 1. The number of rotatable bonds is 4. The maximum atomic E-state index is 12.2. The van der Waals surface area contributed by atoms with Gasteiger partial charge in [-0.2, -0.15) is 0 Å². The van der Waals surface area contributed by atoms with Gasteiger partial charge in [-0.1, -0.05) is 6.07 Å². The van der Waals surface area contributed by atoms with E-state index in [2.05, 4.69) is 14.7 Å². The monoisotopic (exact) mass is 281 g/mol. The summed E-state index contributed by atoms with van der Waals surface area (Å²) in [5, 5.41) is -0.0387. The molecule has 0 aromatic carbocycles. The molecule has 0 radical (unpaired) electrons. The highest BCUT2D eigenvalue weighted by Gasteiger charge is 2.24. The topological polar surface area (TPSA) is 103 Å². The molecular weight excluding hydrogens is 266 g/mol. The first-order valence-corrected chi connectivity index (χ1v) is 7.09. The summed E-state index contributed by atoms with van der Waals surface area (Å²) in [4.78, 5) is 7.73. The molecule has 0 aliphatic heterocycles. The van der Waals surface area contributed by atoms with Crippen LogP contribution in [0.2, 0.25) is 0 Å². The molecule has 0 saturated carbocycles. The summed E-state index contributed by atoms with van der Waals surface area (Å²) in [6.45, 7) is 1.74. The van der Waals surface area contributed by atoms with Gasteiger partial charge in [-0.15, -0.1) is 0 Å². The molecule has 0 amide bonds. The van der Waals surface area contributed by atoms with Crippen LogP contribution in [0.5, 0.6) is 0 Å². The van der Waals surface area contributed by atoms with Gasteiger partial charge in [-0.05, 0) is 18.6 Å². The molecule has 0 fully saturated rings. The molecule has 7 nitrogen and oxygen atoms in total. The normalized spacial score (nSPS) is 13.4. The van der Waals surface area contributed by atoms with E-state index in [0.29, 0.717) is 0 Å². The number of aromatic nitrogens is 3. The van der Waals surface area contributed by atoms with Crippen molar-refractivity contribution >= 4 is 15.8 Å². The number of nitrogens with zero attached hydrogens (tertiary/aromatic N) is 3. The molecule has 2 heterocycles. The van der Waals surface area contributed by atoms with Crippen LogP contribution in [0.3, 0.4) is 0 Å². The molecule has 0 spiro atoms. The molecule has 0 aliphatic carbocycles. The summed E-state index contributed by atoms with van der Waals surface area (Å²) in [5.74, 6) is -0.0200. The fourth-order valence-electron chi connectivity index (χ4n) is 1.75. The lowest BCUT2D eigenvalue weighted by Crippen LogP contribution is -2.29. The van der Waals surface area contributed by atoms with Gasteiger partial charge in [-0.3, -0.25) is 4.98 Å². The van der Waals surface area contributed by atoms with Crippen molar-refractivity contribution in [3.63, 3.8) is 0 Å². The van der Waals surface area contributed by atoms with Gasteiger partial charge >= 0.3 is 0 Å². The molecular formula is C11H15N5O2S. The Hall–Kier alpha value is -1.93. The first-order chi connectivity index (χ1) is 8.92. The molecule has 0 aliphatic rings. The highest BCUT2D eigenvalue weighted by Crippen LogP contribution is 2.19. The van der Waals surface area contributed by atoms with E-state index in [4.69, 9.17) is 5.73 Å². The highest BCUT2D eigenvalue weighted by molar-refractivity contribution is 7.89. The van der Waals surface area contributed by atoms with Crippen LogP contribution in [0.25, 0.3) is 0 Å². The number of nitrogen functional groups attached to an aromatic ring is 1. The quantitative estimate of drug-likeness (QED) is 0.846. The first kappa shape index (κ1) is 13.5. The number of imidazole rings is 1. The van der Waals surface area contributed by atoms with Crippen LogP contribution in [0.1, 0.15) is 18.5 Å². The lowest BCUT2D eigenvalue weighted by atomic mass is 10.2. The van der Waals surface area contributed by atoms with Crippen molar-refractivity contribution in [1.29, 1.82) is 0 Å². The van der Waals surface area contributed by atoms with Gasteiger partial charge in [0, 0.05) is 25.5 Å². The average Bonchev–Trinajstić information content (AvgIpc) is 2.70. The van der Waals surface area contributed by atoms with Crippen molar-refractivity contribution in [2.75, 3.05) is 5.73 Å². The second-order valence-corrected chi connectivity index (χ2v) is 5.80. The van der Waals surface area contributed by atoms with Crippen molar-refractivity contribution < 1.29 is 8.42 Å². The zero-order valence-electron chi connectivity index (χ0n) is 10.6. The summed E-state index contributed by atoms with van der Waals surface area (Å²) >= 11 is 0. The second kappa shape index (κ2) is 4.98. The van der Waals surface area contributed by atoms with Crippen LogP contribution in [0.15, 0.2) is 35.9 Å². The van der Waals surface area contributed by atoms with Crippen molar-refractivity contribution in [1.82, 2.24) is 19.3 Å². The third kappa shape index (κ3) is 2.74. The fourth-order valence-corrected chi connectivity index (χ4v) is 3.22. The molecule has 1 atom stereocenters. The second-order valence-electron chi connectivity index (χ2n) is 4.18. The van der Waals surface area contributed by atoms with Crippen molar-refractivity contribution in [3.05, 3.63) is 36.4 Å². The first-order valence-electron chi connectivity index (χ1n) is 5.61. The van der Waals surface area contributed by atoms with E-state index in [1.165, 1.54) is 10.9 Å². The number of sulfonamides is 1. The van der Waals surface area contributed by atoms with Crippen LogP contribution in [0.4, 0.5) is 5.82 Å². The van der Waals surface area contributed by atoms with Gasteiger partial charge in [0.15, 0.2) is 10.8 Å². The number of hydrogen-bond donors (Lipinski definition) is 2. The van der Waals surface area contributed by atoms with E-state index in [1.807, 2.05) is 0 Å². The molecule has 2 rings (SSSR count). The van der Waals surface area contributed by atoms with E-state index < -0.39 is 16.1 Å². The number of aryl methyl sites for hydroxylation is 1. The van der Waals surface area contributed by atoms with Crippen LogP contribution in [-0.2, 0) is 17.1 Å². The van der Waals surface area contributed by atoms with Crippen molar-refractivity contribution in [3.8, 4) is 0 Å². The third-order valence-corrected chi connectivity index (χ3v) is 4.35. The summed E-state index contributed by atoms with van der Waals surface area (Å²) in [5.41, 5.74) is 6.35. The summed E-state index contributed by atoms with van der Waals surface area (Å²) in [7, 11) is -2.15. The predicted octanol–water partition coefficient (Wildman–Crippen LogP) is 0.437. The van der Waals surface area contributed by atoms with Crippen molar-refractivity contribution in [2.45, 2.75) is 18.0 Å². The Labute approximate surface area is 111 Å². The van der Waals surface area contributed by atoms with Gasteiger partial charge in [0.25, 0.3) is 10.0 Å². The minimum absolute atomic E-state index is 0.0200. The SMILES string of the molecule is CC(NS(=O)(=O)c1c(N)ncn1C)c1cccnc1. The molecule has 2 aromatic rings. The molecule has 3 N–H and O–H groups in total. The highest BCUT2D eigenvalue weighted by atomic mass is 32.2. The molecule has 0 saturated heterocycles. The van der Waals surface area contributed by atoms with Gasteiger partial charge in [0.2, 0.25) is 0 Å². The maximum Gasteiger partial charge on any atom is 0.260 e. The van der Waals surface area contributed by atoms with E-state index in [1.54, 1.807) is 38.5 Å². The molecule has 2 aromatic heterocycles. The lowest BCUT2D eigenvalue weighted by molar-refractivity contribution is 0.557. The van der Waals surface area contributed by atoms with Crippen LogP contribution < -0.4 is 10.5 Å². The smallest absolute Gasteiger partial charge is 0.260 e. The third-order valence-electron chi connectivity index (χ3n) is 2.68. The Kier molecular flexibility index (Phi) is 3.54. The van der Waals surface area contributed by atoms with Crippen LogP contribution in [-0.4, -0.2) is 23.0 Å². The number of nitrogens with one attached hydrogen (secondary N) is 1. The number of hydrogen-bond acceptors (Lipinski definition) is 5. The van der Waals surface area contributed by atoms with Gasteiger partial charge in [0.1, 0.15) is 0 Å². The lowest BCUT2D eigenvalue weighted by Gasteiger charge is -2.14. The largest absolute Gasteiger partial charge is 0.381 e. The number of anilines is 1. The maximum absolute atomic E-state index is 12.2. The van der Waals surface area contributed by atoms with Crippen LogP contribution >= 0.6 is 0 Å². The Morgan fingerprint density at radius 1 is 1.47 bits per heavy atom. The minimum Gasteiger partial charge on any atom is -0.381 e. The Morgan fingerprint density at radius 3 is 2.74 bits per heavy atom. The van der Waals surface area contributed by atoms with Gasteiger partial charge in [-0.25, -0.2) is 18.1 Å². The molecule has 19 heavy (non-hydrogen) atoms. The molecule has 1 unspecified atom stereocenters. The Morgan fingerprint density at radius 2 is 2.21 bits per heavy atom. The Balaban J connectivity index is 2.28. The van der Waals surface area contributed by atoms with E-state index in [9.17, 15) is 8.42 Å². The molecule has 0 bridgehead atoms. The van der Waals surface area contributed by atoms with E-state index >= 15 is 0 Å². The van der Waals surface area contributed by atoms with E-state index in [-0.39, 0.29) is 10.8 Å². The summed E-state index contributed by atoms with van der Waals surface area (Å²) in [6, 6.07) is 3.14. The van der Waals surface area contributed by atoms with Crippen LogP contribution in [0, 0.1) is 0 Å². The fraction of sp³-hybridized carbons (Fsp3) is 0.273. The van der Waals surface area contributed by atoms with Crippen molar-refractivity contribution in [2.24, 2.45) is 7.05 Å². The van der Waals surface area contributed by atoms with Gasteiger partial charge in [0.05, 0.1) is 6.33 Å². The minimum atomic E-state index is -3.73. The Bertz CT molecular complexity index is 646. The van der Waals surface area contributed by atoms with E-state index in [0.717, 1.165) is 5.56 Å².